The van der Waals surface area contributed by atoms with E-state index >= 15 is 0 Å². The average Bonchev–Trinajstić information content (AvgIpc) is 2.43. The topological polar surface area (TPSA) is 73.6 Å². The molecule has 20 heavy (non-hydrogen) atoms. The lowest BCUT2D eigenvalue weighted by Gasteiger charge is -2.13. The highest BCUT2D eigenvalue weighted by Gasteiger charge is 2.11. The lowest BCUT2D eigenvalue weighted by Crippen LogP contribution is -2.23. The van der Waals surface area contributed by atoms with E-state index in [2.05, 4.69) is 10.1 Å². The number of nitrogens with one attached hydrogen (secondary N) is 1. The second kappa shape index (κ2) is 8.31. The summed E-state index contributed by atoms with van der Waals surface area (Å²) in [5.41, 5.74) is 5.72. The zero-order valence-corrected chi connectivity index (χ0v) is 11.2. The van der Waals surface area contributed by atoms with E-state index in [1.807, 2.05) is 0 Å². The number of ether oxygens (including phenoxy) is 2. The highest BCUT2D eigenvalue weighted by atomic mass is 19.3. The van der Waals surface area contributed by atoms with Crippen molar-refractivity contribution < 1.29 is 23.0 Å². The number of rotatable bonds is 8. The Hall–Kier alpha value is -1.89. The summed E-state index contributed by atoms with van der Waals surface area (Å²) >= 11 is 0. The molecule has 7 heteroatoms. The third-order valence-electron chi connectivity index (χ3n) is 2.57. The van der Waals surface area contributed by atoms with Crippen molar-refractivity contribution in [2.75, 3.05) is 13.7 Å². The van der Waals surface area contributed by atoms with Crippen LogP contribution in [0.15, 0.2) is 18.2 Å². The van der Waals surface area contributed by atoms with E-state index in [0.29, 0.717) is 30.7 Å². The van der Waals surface area contributed by atoms with E-state index in [9.17, 15) is 13.6 Å². The number of benzene rings is 1. The van der Waals surface area contributed by atoms with Crippen molar-refractivity contribution in [3.8, 4) is 11.5 Å². The summed E-state index contributed by atoms with van der Waals surface area (Å²) < 4.78 is 34.0. The molecule has 0 bridgehead atoms. The molecule has 0 unspecified atom stereocenters. The van der Waals surface area contributed by atoms with Crippen LogP contribution in [0.2, 0.25) is 0 Å². The number of nitrogens with two attached hydrogens (primary N) is 1. The number of halogens is 2. The number of hydrogen-bond acceptors (Lipinski definition) is 4. The number of hydrogen-bond donors (Lipinski definition) is 2. The summed E-state index contributed by atoms with van der Waals surface area (Å²) in [4.78, 5) is 11.5. The van der Waals surface area contributed by atoms with Gasteiger partial charge in [-0.3, -0.25) is 4.79 Å². The highest BCUT2D eigenvalue weighted by molar-refractivity contribution is 5.75. The number of amides is 1. The lowest BCUT2D eigenvalue weighted by atomic mass is 10.2. The molecule has 1 aromatic rings. The van der Waals surface area contributed by atoms with Gasteiger partial charge in [0.2, 0.25) is 5.91 Å². The first-order valence-electron chi connectivity index (χ1n) is 6.15. The van der Waals surface area contributed by atoms with Crippen LogP contribution >= 0.6 is 0 Å². The van der Waals surface area contributed by atoms with Gasteiger partial charge in [0.1, 0.15) is 11.5 Å². The van der Waals surface area contributed by atoms with Gasteiger partial charge in [0.05, 0.1) is 7.11 Å². The van der Waals surface area contributed by atoms with Crippen molar-refractivity contribution in [3.05, 3.63) is 23.8 Å². The molecule has 0 aliphatic carbocycles. The molecule has 112 valence electrons. The molecule has 0 atom stereocenters. The molecule has 0 heterocycles. The number of alkyl halides is 2. The molecule has 0 saturated heterocycles. The highest BCUT2D eigenvalue weighted by Crippen LogP contribution is 2.25. The molecule has 0 saturated carbocycles. The first-order chi connectivity index (χ1) is 9.56. The minimum absolute atomic E-state index is 0.0138. The summed E-state index contributed by atoms with van der Waals surface area (Å²) in [5.74, 6) is 0.319. The third kappa shape index (κ3) is 5.40. The molecular weight excluding hydrogens is 270 g/mol. The lowest BCUT2D eigenvalue weighted by molar-refractivity contribution is -0.121. The van der Waals surface area contributed by atoms with Crippen molar-refractivity contribution in [1.29, 1.82) is 0 Å². The van der Waals surface area contributed by atoms with Crippen LogP contribution in [0.5, 0.6) is 11.5 Å². The molecule has 0 radical (unpaired) electrons. The first kappa shape index (κ1) is 16.2. The fourth-order valence-corrected chi connectivity index (χ4v) is 1.58. The van der Waals surface area contributed by atoms with Gasteiger partial charge in [-0.2, -0.15) is 8.78 Å². The normalized spacial score (nSPS) is 10.4. The Morgan fingerprint density at radius 2 is 2.20 bits per heavy atom. The van der Waals surface area contributed by atoms with E-state index < -0.39 is 6.61 Å². The van der Waals surface area contributed by atoms with Gasteiger partial charge in [0.15, 0.2) is 0 Å². The molecule has 0 aliphatic rings. The molecule has 0 spiro atoms. The van der Waals surface area contributed by atoms with Crippen molar-refractivity contribution >= 4 is 5.91 Å². The monoisotopic (exact) mass is 288 g/mol. The zero-order chi connectivity index (χ0) is 15.0. The van der Waals surface area contributed by atoms with Crippen LogP contribution in [-0.4, -0.2) is 26.2 Å². The molecule has 0 fully saturated rings. The van der Waals surface area contributed by atoms with Crippen LogP contribution in [-0.2, 0) is 11.3 Å². The minimum Gasteiger partial charge on any atom is -0.497 e. The van der Waals surface area contributed by atoms with Gasteiger partial charge in [-0.15, -0.1) is 0 Å². The van der Waals surface area contributed by atoms with Gasteiger partial charge < -0.3 is 20.5 Å². The average molecular weight is 288 g/mol. The van der Waals surface area contributed by atoms with E-state index in [4.69, 9.17) is 10.5 Å². The standard InChI is InChI=1S/C13H18F2N2O3/c1-19-10-4-5-11(20-13(14)15)9(7-10)8-17-12(18)3-2-6-16/h4-5,7,13H,2-3,6,8,16H2,1H3,(H,17,18). The molecule has 3 N–H and O–H groups in total. The summed E-state index contributed by atoms with van der Waals surface area (Å²) in [7, 11) is 1.46. The first-order valence-corrected chi connectivity index (χ1v) is 6.15. The number of carbonyl (C=O) groups excluding carboxylic acids is 1. The number of methoxy groups -OCH3 is 1. The Kier molecular flexibility index (Phi) is 6.72. The van der Waals surface area contributed by atoms with Crippen LogP contribution in [0, 0.1) is 0 Å². The summed E-state index contributed by atoms with van der Waals surface area (Å²) in [6, 6.07) is 4.44. The van der Waals surface area contributed by atoms with Crippen LogP contribution in [0.25, 0.3) is 0 Å². The zero-order valence-electron chi connectivity index (χ0n) is 11.2. The van der Waals surface area contributed by atoms with Gasteiger partial charge >= 0.3 is 6.61 Å². The summed E-state index contributed by atoms with van der Waals surface area (Å²) in [6.45, 7) is -2.41. The maximum atomic E-state index is 12.3. The van der Waals surface area contributed by atoms with E-state index in [0.717, 1.165) is 0 Å². The van der Waals surface area contributed by atoms with Crippen LogP contribution in [0.3, 0.4) is 0 Å². The van der Waals surface area contributed by atoms with Gasteiger partial charge in [0, 0.05) is 18.5 Å². The summed E-state index contributed by atoms with van der Waals surface area (Å²) in [6.07, 6.45) is 0.871. The molecule has 1 rings (SSSR count). The second-order valence-electron chi connectivity index (χ2n) is 4.02. The molecule has 0 aliphatic heterocycles. The Labute approximate surface area is 116 Å². The quantitative estimate of drug-likeness (QED) is 0.763. The van der Waals surface area contributed by atoms with Crippen molar-refractivity contribution in [3.63, 3.8) is 0 Å². The van der Waals surface area contributed by atoms with Crippen LogP contribution < -0.4 is 20.5 Å². The smallest absolute Gasteiger partial charge is 0.387 e. The Bertz CT molecular complexity index is 442. The van der Waals surface area contributed by atoms with Gasteiger partial charge in [-0.05, 0) is 31.2 Å². The van der Waals surface area contributed by atoms with Crippen molar-refractivity contribution in [2.24, 2.45) is 5.73 Å². The largest absolute Gasteiger partial charge is 0.497 e. The maximum absolute atomic E-state index is 12.3. The van der Waals surface area contributed by atoms with Crippen LogP contribution in [0.1, 0.15) is 18.4 Å². The molecule has 1 aromatic carbocycles. The van der Waals surface area contributed by atoms with E-state index in [-0.39, 0.29) is 18.2 Å². The second-order valence-corrected chi connectivity index (χ2v) is 4.02. The third-order valence-corrected chi connectivity index (χ3v) is 2.57. The SMILES string of the molecule is COc1ccc(OC(F)F)c(CNC(=O)CCCN)c1. The van der Waals surface area contributed by atoms with Crippen molar-refractivity contribution in [1.82, 2.24) is 5.32 Å². The van der Waals surface area contributed by atoms with E-state index in [1.165, 1.54) is 19.2 Å². The maximum Gasteiger partial charge on any atom is 0.387 e. The Morgan fingerprint density at radius 3 is 2.80 bits per heavy atom. The molecular formula is C13H18F2N2O3. The predicted octanol–water partition coefficient (Wildman–Crippen LogP) is 1.65. The molecule has 0 aromatic heterocycles. The minimum atomic E-state index is -2.92. The summed E-state index contributed by atoms with van der Waals surface area (Å²) in [5, 5.41) is 2.62. The van der Waals surface area contributed by atoms with Gasteiger partial charge in [-0.25, -0.2) is 0 Å². The van der Waals surface area contributed by atoms with Gasteiger partial charge in [-0.1, -0.05) is 0 Å². The number of carbonyl (C=O) groups is 1. The molecule has 1 amide bonds. The fraction of sp³-hybridized carbons (Fsp3) is 0.462. The fourth-order valence-electron chi connectivity index (χ4n) is 1.58. The van der Waals surface area contributed by atoms with E-state index in [1.54, 1.807) is 6.07 Å². The Balaban J connectivity index is 2.71. The molecule has 5 nitrogen and oxygen atoms in total. The van der Waals surface area contributed by atoms with Crippen molar-refractivity contribution in [2.45, 2.75) is 26.0 Å². The Morgan fingerprint density at radius 1 is 1.45 bits per heavy atom. The van der Waals surface area contributed by atoms with Crippen LogP contribution in [0.4, 0.5) is 8.78 Å². The van der Waals surface area contributed by atoms with Gasteiger partial charge in [0.25, 0.3) is 0 Å². The predicted molar refractivity (Wildman–Crippen MR) is 69.8 cm³/mol.